The summed E-state index contributed by atoms with van der Waals surface area (Å²) in [6.45, 7) is 8.35. The molecule has 1 atom stereocenters. The normalized spacial score (nSPS) is 25.9. The minimum absolute atomic E-state index is 0.0191. The molecule has 1 aliphatic heterocycles. The number of ether oxygens (including phenoxy) is 1. The minimum atomic E-state index is 0.0191. The topological polar surface area (TPSA) is 21.3 Å². The summed E-state index contributed by atoms with van der Waals surface area (Å²) in [6.07, 6.45) is 2.55. The highest BCUT2D eigenvalue weighted by Crippen LogP contribution is 2.21. The summed E-state index contributed by atoms with van der Waals surface area (Å²) in [5.74, 6) is 0. The lowest BCUT2D eigenvalue weighted by atomic mass is 9.97. The van der Waals surface area contributed by atoms with Crippen molar-refractivity contribution in [2.75, 3.05) is 13.2 Å². The monoisotopic (exact) mass is 157 g/mol. The molecule has 2 nitrogen and oxygen atoms in total. The number of rotatable bonds is 3. The molecule has 1 N–H and O–H groups in total. The molecule has 11 heavy (non-hydrogen) atoms. The van der Waals surface area contributed by atoms with E-state index in [1.165, 1.54) is 12.8 Å². The van der Waals surface area contributed by atoms with Crippen molar-refractivity contribution < 1.29 is 4.74 Å². The van der Waals surface area contributed by atoms with Gasteiger partial charge in [0.25, 0.3) is 0 Å². The SMILES string of the molecule is CCOC(C)(C)C1CCCN1. The van der Waals surface area contributed by atoms with Crippen LogP contribution in [0.4, 0.5) is 0 Å². The zero-order valence-electron chi connectivity index (χ0n) is 7.81. The summed E-state index contributed by atoms with van der Waals surface area (Å²) in [7, 11) is 0. The van der Waals surface area contributed by atoms with Crippen LogP contribution in [-0.4, -0.2) is 24.8 Å². The van der Waals surface area contributed by atoms with Crippen molar-refractivity contribution in [3.05, 3.63) is 0 Å². The average Bonchev–Trinajstić information content (AvgIpc) is 2.37. The first-order chi connectivity index (χ1) is 5.17. The van der Waals surface area contributed by atoms with Gasteiger partial charge in [0.1, 0.15) is 0 Å². The Morgan fingerprint density at radius 2 is 2.27 bits per heavy atom. The van der Waals surface area contributed by atoms with Crippen molar-refractivity contribution in [1.82, 2.24) is 5.32 Å². The van der Waals surface area contributed by atoms with Crippen LogP contribution in [0.1, 0.15) is 33.6 Å². The first-order valence-corrected chi connectivity index (χ1v) is 4.54. The van der Waals surface area contributed by atoms with Crippen LogP contribution in [0.15, 0.2) is 0 Å². The third-order valence-electron chi connectivity index (χ3n) is 2.42. The Labute approximate surface area is 69.3 Å². The summed E-state index contributed by atoms with van der Waals surface area (Å²) in [5.41, 5.74) is 0.0191. The van der Waals surface area contributed by atoms with Crippen LogP contribution in [0.3, 0.4) is 0 Å². The van der Waals surface area contributed by atoms with Crippen LogP contribution in [0.5, 0.6) is 0 Å². The zero-order valence-corrected chi connectivity index (χ0v) is 7.81. The van der Waals surface area contributed by atoms with E-state index in [-0.39, 0.29) is 5.60 Å². The van der Waals surface area contributed by atoms with Gasteiger partial charge in [-0.1, -0.05) is 0 Å². The highest BCUT2D eigenvalue weighted by atomic mass is 16.5. The molecule has 66 valence electrons. The van der Waals surface area contributed by atoms with E-state index in [0.717, 1.165) is 13.2 Å². The maximum atomic E-state index is 5.65. The lowest BCUT2D eigenvalue weighted by molar-refractivity contribution is -0.0336. The second kappa shape index (κ2) is 3.55. The lowest BCUT2D eigenvalue weighted by Gasteiger charge is -2.31. The molecule has 0 aromatic carbocycles. The van der Waals surface area contributed by atoms with E-state index >= 15 is 0 Å². The average molecular weight is 157 g/mol. The molecule has 1 rings (SSSR count). The molecule has 1 unspecified atom stereocenters. The number of hydrogen-bond acceptors (Lipinski definition) is 2. The van der Waals surface area contributed by atoms with Crippen LogP contribution in [-0.2, 0) is 4.74 Å². The molecule has 0 bridgehead atoms. The molecular formula is C9H19NO. The van der Waals surface area contributed by atoms with Crippen LogP contribution in [0.25, 0.3) is 0 Å². The minimum Gasteiger partial charge on any atom is -0.374 e. The van der Waals surface area contributed by atoms with Crippen LogP contribution in [0, 0.1) is 0 Å². The molecule has 1 fully saturated rings. The van der Waals surface area contributed by atoms with Crippen LogP contribution >= 0.6 is 0 Å². The van der Waals surface area contributed by atoms with Crippen LogP contribution < -0.4 is 5.32 Å². The van der Waals surface area contributed by atoms with Gasteiger partial charge in [0.15, 0.2) is 0 Å². The maximum Gasteiger partial charge on any atom is 0.0778 e. The second-order valence-corrected chi connectivity index (χ2v) is 3.69. The van der Waals surface area contributed by atoms with Gasteiger partial charge in [-0.05, 0) is 40.2 Å². The molecule has 1 heterocycles. The molecule has 0 aromatic rings. The predicted octanol–water partition coefficient (Wildman–Crippen LogP) is 1.55. The highest BCUT2D eigenvalue weighted by Gasteiger charge is 2.31. The Kier molecular flexibility index (Phi) is 2.90. The highest BCUT2D eigenvalue weighted by molar-refractivity contribution is 4.89. The summed E-state index contributed by atoms with van der Waals surface area (Å²) >= 11 is 0. The smallest absolute Gasteiger partial charge is 0.0778 e. The molecule has 1 saturated heterocycles. The second-order valence-electron chi connectivity index (χ2n) is 3.69. The van der Waals surface area contributed by atoms with Gasteiger partial charge >= 0.3 is 0 Å². The van der Waals surface area contributed by atoms with E-state index in [0.29, 0.717) is 6.04 Å². The van der Waals surface area contributed by atoms with E-state index in [1.54, 1.807) is 0 Å². The molecule has 1 aliphatic rings. The van der Waals surface area contributed by atoms with E-state index in [1.807, 2.05) is 0 Å². The fraction of sp³-hybridized carbons (Fsp3) is 1.00. The lowest BCUT2D eigenvalue weighted by Crippen LogP contribution is -2.45. The van der Waals surface area contributed by atoms with E-state index in [2.05, 4.69) is 26.1 Å². The summed E-state index contributed by atoms with van der Waals surface area (Å²) in [4.78, 5) is 0. The molecular weight excluding hydrogens is 138 g/mol. The van der Waals surface area contributed by atoms with Gasteiger partial charge in [-0.25, -0.2) is 0 Å². The predicted molar refractivity (Wildman–Crippen MR) is 46.7 cm³/mol. The van der Waals surface area contributed by atoms with Crippen molar-refractivity contribution >= 4 is 0 Å². The van der Waals surface area contributed by atoms with Gasteiger partial charge in [0, 0.05) is 12.6 Å². The fourth-order valence-corrected chi connectivity index (χ4v) is 1.75. The summed E-state index contributed by atoms with van der Waals surface area (Å²) < 4.78 is 5.65. The first kappa shape index (κ1) is 9.01. The summed E-state index contributed by atoms with van der Waals surface area (Å²) in [5, 5.41) is 3.46. The fourth-order valence-electron chi connectivity index (χ4n) is 1.75. The van der Waals surface area contributed by atoms with Crippen LogP contribution in [0.2, 0.25) is 0 Å². The first-order valence-electron chi connectivity index (χ1n) is 4.54. The third kappa shape index (κ3) is 2.17. The Bertz CT molecular complexity index is 117. The molecule has 0 aromatic heterocycles. The summed E-state index contributed by atoms with van der Waals surface area (Å²) in [6, 6.07) is 0.558. The molecule has 0 saturated carbocycles. The van der Waals surface area contributed by atoms with Crippen molar-refractivity contribution in [3.63, 3.8) is 0 Å². The van der Waals surface area contributed by atoms with Gasteiger partial charge in [0.05, 0.1) is 5.60 Å². The number of nitrogens with one attached hydrogen (secondary N) is 1. The standard InChI is InChI=1S/C9H19NO/c1-4-11-9(2,3)8-6-5-7-10-8/h8,10H,4-7H2,1-3H3. The van der Waals surface area contributed by atoms with E-state index in [4.69, 9.17) is 4.74 Å². The van der Waals surface area contributed by atoms with Crippen molar-refractivity contribution in [3.8, 4) is 0 Å². The van der Waals surface area contributed by atoms with E-state index < -0.39 is 0 Å². The zero-order chi connectivity index (χ0) is 8.32. The molecule has 2 heteroatoms. The van der Waals surface area contributed by atoms with Crippen molar-refractivity contribution in [2.45, 2.75) is 45.3 Å². The largest absolute Gasteiger partial charge is 0.374 e. The Balaban J connectivity index is 2.41. The Morgan fingerprint density at radius 1 is 1.55 bits per heavy atom. The quantitative estimate of drug-likeness (QED) is 0.671. The molecule has 0 amide bonds. The van der Waals surface area contributed by atoms with Gasteiger partial charge in [0.2, 0.25) is 0 Å². The van der Waals surface area contributed by atoms with Gasteiger partial charge in [-0.2, -0.15) is 0 Å². The molecule has 0 radical (unpaired) electrons. The van der Waals surface area contributed by atoms with Gasteiger partial charge in [-0.15, -0.1) is 0 Å². The number of hydrogen-bond donors (Lipinski definition) is 1. The Morgan fingerprint density at radius 3 is 2.73 bits per heavy atom. The third-order valence-corrected chi connectivity index (χ3v) is 2.42. The van der Waals surface area contributed by atoms with Gasteiger partial charge in [-0.3, -0.25) is 0 Å². The Hall–Kier alpha value is -0.0800. The molecule has 0 aliphatic carbocycles. The molecule has 0 spiro atoms. The van der Waals surface area contributed by atoms with Crippen molar-refractivity contribution in [1.29, 1.82) is 0 Å². The van der Waals surface area contributed by atoms with E-state index in [9.17, 15) is 0 Å². The maximum absolute atomic E-state index is 5.65. The van der Waals surface area contributed by atoms with Gasteiger partial charge < -0.3 is 10.1 Å². The van der Waals surface area contributed by atoms with Crippen molar-refractivity contribution in [2.24, 2.45) is 0 Å².